The van der Waals surface area contributed by atoms with Gasteiger partial charge in [0.05, 0.1) is 10.4 Å². The van der Waals surface area contributed by atoms with E-state index in [0.717, 1.165) is 11.3 Å². The number of nitrogens with one attached hydrogen (secondary N) is 1. The van der Waals surface area contributed by atoms with Crippen LogP contribution in [0.5, 0.6) is 0 Å². The molecule has 0 aliphatic heterocycles. The lowest BCUT2D eigenvalue weighted by atomic mass is 10.7. The Labute approximate surface area is 110 Å². The molecule has 1 aromatic heterocycles. The average Bonchev–Trinajstić information content (AvgIpc) is 2.64. The molecule has 0 aromatic carbocycles. The van der Waals surface area contributed by atoms with E-state index < -0.39 is 23.1 Å². The maximum atomic E-state index is 11.7. The zero-order chi connectivity index (χ0) is 12.9. The Kier molecular flexibility index (Phi) is 5.93. The summed E-state index contributed by atoms with van der Waals surface area (Å²) in [5, 5.41) is 0. The van der Waals surface area contributed by atoms with Gasteiger partial charge in [0.25, 0.3) is 6.43 Å². The van der Waals surface area contributed by atoms with Crippen LogP contribution in [0.2, 0.25) is 0 Å². The van der Waals surface area contributed by atoms with Gasteiger partial charge in [-0.25, -0.2) is 21.9 Å². The van der Waals surface area contributed by atoms with Gasteiger partial charge >= 0.3 is 0 Å². The Balaban J connectivity index is 2.36. The van der Waals surface area contributed by atoms with Gasteiger partial charge in [0, 0.05) is 6.54 Å². The van der Waals surface area contributed by atoms with E-state index in [4.69, 9.17) is 0 Å². The molecule has 0 atom stereocenters. The Hall–Kier alpha value is -0.0900. The van der Waals surface area contributed by atoms with Gasteiger partial charge in [-0.05, 0) is 28.1 Å². The molecule has 0 bridgehead atoms. The van der Waals surface area contributed by atoms with Crippen molar-refractivity contribution in [3.8, 4) is 0 Å². The molecule has 1 N–H and O–H groups in total. The summed E-state index contributed by atoms with van der Waals surface area (Å²) in [6.07, 6.45) is -2.54. The molecule has 0 fully saturated rings. The van der Waals surface area contributed by atoms with Gasteiger partial charge in [0.1, 0.15) is 10.8 Å². The van der Waals surface area contributed by atoms with Gasteiger partial charge in [0.2, 0.25) is 10.0 Å². The number of sulfonamides is 1. The molecule has 17 heavy (non-hydrogen) atoms. The van der Waals surface area contributed by atoms with Crippen LogP contribution in [0.3, 0.4) is 0 Å². The zero-order valence-electron chi connectivity index (χ0n) is 8.53. The van der Waals surface area contributed by atoms with Crippen molar-refractivity contribution in [2.24, 2.45) is 0 Å². The number of ether oxygens (including phenoxy) is 1. The second kappa shape index (κ2) is 6.74. The molecule has 4 nitrogen and oxygen atoms in total. The molecule has 0 spiro atoms. The number of alkyl halides is 2. The minimum atomic E-state index is -3.57. The largest absolute Gasteiger partial charge is 0.374 e. The van der Waals surface area contributed by atoms with Gasteiger partial charge < -0.3 is 4.74 Å². The Morgan fingerprint density at radius 2 is 2.18 bits per heavy atom. The summed E-state index contributed by atoms with van der Waals surface area (Å²) in [5.74, 6) is 0. The Morgan fingerprint density at radius 3 is 2.71 bits per heavy atom. The summed E-state index contributed by atoms with van der Waals surface area (Å²) in [7, 11) is -3.57. The molecular formula is C8H10BrF2NO3S2. The van der Waals surface area contributed by atoms with Crippen molar-refractivity contribution in [2.45, 2.75) is 10.6 Å². The van der Waals surface area contributed by atoms with E-state index in [0.29, 0.717) is 3.79 Å². The molecule has 0 unspecified atom stereocenters. The zero-order valence-corrected chi connectivity index (χ0v) is 11.7. The molecule has 0 saturated heterocycles. The third kappa shape index (κ3) is 5.38. The Morgan fingerprint density at radius 1 is 1.47 bits per heavy atom. The minimum absolute atomic E-state index is 0.0371. The van der Waals surface area contributed by atoms with Crippen LogP contribution in [0.25, 0.3) is 0 Å². The summed E-state index contributed by atoms with van der Waals surface area (Å²) >= 11 is 4.22. The van der Waals surface area contributed by atoms with E-state index >= 15 is 0 Å². The van der Waals surface area contributed by atoms with E-state index in [1.54, 1.807) is 6.07 Å². The maximum absolute atomic E-state index is 11.7. The van der Waals surface area contributed by atoms with Gasteiger partial charge in [-0.15, -0.1) is 11.3 Å². The SMILES string of the molecule is O=S(=O)(NCCOCC(F)F)c1ccc(Br)s1. The lowest BCUT2D eigenvalue weighted by molar-refractivity contribution is 0.0199. The number of rotatable bonds is 7. The summed E-state index contributed by atoms with van der Waals surface area (Å²) < 4.78 is 54.3. The first-order chi connectivity index (χ1) is 7.92. The van der Waals surface area contributed by atoms with Crippen molar-refractivity contribution >= 4 is 37.3 Å². The fourth-order valence-electron chi connectivity index (χ4n) is 0.934. The second-order valence-corrected chi connectivity index (χ2v) is 7.38. The number of hydrogen-bond donors (Lipinski definition) is 1. The van der Waals surface area contributed by atoms with E-state index in [-0.39, 0.29) is 17.4 Å². The van der Waals surface area contributed by atoms with Gasteiger partial charge in [-0.2, -0.15) is 0 Å². The first-order valence-corrected chi connectivity index (χ1v) is 7.62. The standard InChI is InChI=1S/C8H10BrF2NO3S2/c9-6-1-2-8(16-6)17(13,14)12-3-4-15-5-7(10)11/h1-2,7,12H,3-5H2. The van der Waals surface area contributed by atoms with Crippen LogP contribution in [0.1, 0.15) is 0 Å². The van der Waals surface area contributed by atoms with Gasteiger partial charge in [0.15, 0.2) is 0 Å². The van der Waals surface area contributed by atoms with Crippen molar-refractivity contribution in [2.75, 3.05) is 19.8 Å². The highest BCUT2D eigenvalue weighted by atomic mass is 79.9. The minimum Gasteiger partial charge on any atom is -0.374 e. The van der Waals surface area contributed by atoms with Crippen LogP contribution < -0.4 is 4.72 Å². The van der Waals surface area contributed by atoms with E-state index in [1.807, 2.05) is 0 Å². The molecule has 1 rings (SSSR count). The third-order valence-electron chi connectivity index (χ3n) is 1.60. The maximum Gasteiger partial charge on any atom is 0.261 e. The van der Waals surface area contributed by atoms with Gasteiger partial charge in [-0.3, -0.25) is 0 Å². The molecule has 0 radical (unpaired) electrons. The molecule has 1 heterocycles. The molecule has 98 valence electrons. The van der Waals surface area contributed by atoms with Crippen LogP contribution in [-0.4, -0.2) is 34.6 Å². The predicted octanol–water partition coefficient (Wildman–Crippen LogP) is 2.07. The Bertz CT molecular complexity index is 449. The fourth-order valence-corrected chi connectivity index (χ4v) is 4.00. The molecule has 0 aliphatic rings. The highest BCUT2D eigenvalue weighted by Crippen LogP contribution is 2.25. The predicted molar refractivity (Wildman–Crippen MR) is 64.0 cm³/mol. The highest BCUT2D eigenvalue weighted by Gasteiger charge is 2.15. The van der Waals surface area contributed by atoms with Crippen LogP contribution in [0, 0.1) is 0 Å². The van der Waals surface area contributed by atoms with Crippen molar-refractivity contribution in [3.63, 3.8) is 0 Å². The van der Waals surface area contributed by atoms with Gasteiger partial charge in [-0.1, -0.05) is 0 Å². The normalized spacial score (nSPS) is 12.2. The molecular weight excluding hydrogens is 340 g/mol. The van der Waals surface area contributed by atoms with Crippen LogP contribution in [0.15, 0.2) is 20.1 Å². The van der Waals surface area contributed by atoms with Crippen LogP contribution in [0.4, 0.5) is 8.78 Å². The monoisotopic (exact) mass is 349 g/mol. The first kappa shape index (κ1) is 15.0. The number of thiophene rings is 1. The second-order valence-electron chi connectivity index (χ2n) is 2.92. The molecule has 0 amide bonds. The van der Waals surface area contributed by atoms with Crippen molar-refractivity contribution in [3.05, 3.63) is 15.9 Å². The molecule has 9 heteroatoms. The molecule has 0 aliphatic carbocycles. The van der Waals surface area contributed by atoms with E-state index in [9.17, 15) is 17.2 Å². The van der Waals surface area contributed by atoms with E-state index in [2.05, 4.69) is 25.4 Å². The third-order valence-corrected chi connectivity index (χ3v) is 5.17. The summed E-state index contributed by atoms with van der Waals surface area (Å²) in [6, 6.07) is 3.07. The van der Waals surface area contributed by atoms with Crippen molar-refractivity contribution in [1.82, 2.24) is 4.72 Å². The molecule has 1 aromatic rings. The summed E-state index contributed by atoms with van der Waals surface area (Å²) in [4.78, 5) is 0. The lowest BCUT2D eigenvalue weighted by Crippen LogP contribution is -2.27. The number of hydrogen-bond acceptors (Lipinski definition) is 4. The first-order valence-electron chi connectivity index (χ1n) is 4.53. The quantitative estimate of drug-likeness (QED) is 0.766. The highest BCUT2D eigenvalue weighted by molar-refractivity contribution is 9.11. The van der Waals surface area contributed by atoms with Crippen molar-refractivity contribution in [1.29, 1.82) is 0 Å². The van der Waals surface area contributed by atoms with Crippen molar-refractivity contribution < 1.29 is 21.9 Å². The van der Waals surface area contributed by atoms with Crippen LogP contribution in [-0.2, 0) is 14.8 Å². The summed E-state index contributed by atoms with van der Waals surface area (Å²) in [5.41, 5.74) is 0. The fraction of sp³-hybridized carbons (Fsp3) is 0.500. The molecule has 0 saturated carbocycles. The smallest absolute Gasteiger partial charge is 0.261 e. The topological polar surface area (TPSA) is 55.4 Å². The summed E-state index contributed by atoms with van der Waals surface area (Å²) in [6.45, 7) is -0.813. The number of halogens is 3. The van der Waals surface area contributed by atoms with Crippen LogP contribution >= 0.6 is 27.3 Å². The lowest BCUT2D eigenvalue weighted by Gasteiger charge is -2.05. The van der Waals surface area contributed by atoms with E-state index in [1.165, 1.54) is 6.07 Å². The average molecular weight is 350 g/mol.